The second-order valence-corrected chi connectivity index (χ2v) is 14.9. The number of benzene rings is 9. The molecule has 0 radical (unpaired) electrons. The number of fused-ring (bicyclic) bond motifs is 2. The highest BCUT2D eigenvalue weighted by atomic mass is 15.1. The lowest BCUT2D eigenvalue weighted by molar-refractivity contribution is 0.854. The van der Waals surface area contributed by atoms with Crippen LogP contribution in [-0.2, 0) is 0 Å². The van der Waals surface area contributed by atoms with Gasteiger partial charge in [-0.1, -0.05) is 188 Å². The topological polar surface area (TPSA) is 3.24 Å². The number of rotatable bonds is 8. The van der Waals surface area contributed by atoms with E-state index in [0.717, 1.165) is 23.5 Å². The summed E-state index contributed by atoms with van der Waals surface area (Å²) in [6.07, 6.45) is 9.89. The molecule has 1 heteroatoms. The summed E-state index contributed by atoms with van der Waals surface area (Å²) in [5.41, 5.74) is 14.3. The highest BCUT2D eigenvalue weighted by Crippen LogP contribution is 2.45. The minimum absolute atomic E-state index is 0.444. The molecule has 1 aliphatic rings. The van der Waals surface area contributed by atoms with Gasteiger partial charge in [0, 0.05) is 23.0 Å². The molecule has 0 heterocycles. The Bertz CT molecular complexity index is 2830. The van der Waals surface area contributed by atoms with Crippen LogP contribution >= 0.6 is 0 Å². The van der Waals surface area contributed by atoms with Crippen molar-refractivity contribution in [2.24, 2.45) is 0 Å². The quantitative estimate of drug-likeness (QED) is 0.141. The van der Waals surface area contributed by atoms with Crippen molar-refractivity contribution in [1.82, 2.24) is 0 Å². The van der Waals surface area contributed by atoms with E-state index < -0.39 is 0 Å². The molecule has 9 aromatic rings. The summed E-state index contributed by atoms with van der Waals surface area (Å²) < 4.78 is 0. The van der Waals surface area contributed by atoms with Crippen molar-refractivity contribution in [1.29, 1.82) is 0 Å². The molecule has 1 atom stereocenters. The van der Waals surface area contributed by atoms with Crippen LogP contribution in [0.15, 0.2) is 231 Å². The van der Waals surface area contributed by atoms with Gasteiger partial charge in [-0.15, -0.1) is 0 Å². The van der Waals surface area contributed by atoms with Crippen molar-refractivity contribution >= 4 is 38.6 Å². The summed E-state index contributed by atoms with van der Waals surface area (Å²) >= 11 is 0. The van der Waals surface area contributed by atoms with Gasteiger partial charge in [0.25, 0.3) is 0 Å². The maximum Gasteiger partial charge on any atom is 0.0468 e. The Morgan fingerprint density at radius 2 is 0.860 bits per heavy atom. The normalized spacial score (nSPS) is 13.6. The second-order valence-electron chi connectivity index (χ2n) is 14.9. The first kappa shape index (κ1) is 34.3. The standard InChI is InChI=1S/C56H41N/c1-4-14-40(15-5-1)42-24-26-43(27-25-42)45-30-34-50(35-31-45)57(49-32-28-44(29-33-49)41-16-6-2-7-17-41)51-36-37-54(55(39-51)46-18-8-3-9-19-46)56-52-22-12-10-20-47(52)38-48-21-11-13-23-53(48)56/h1-14,16-40H,15H2. The van der Waals surface area contributed by atoms with Gasteiger partial charge in [-0.3, -0.25) is 0 Å². The van der Waals surface area contributed by atoms with Crippen LogP contribution < -0.4 is 4.90 Å². The van der Waals surface area contributed by atoms with E-state index >= 15 is 0 Å². The van der Waals surface area contributed by atoms with Crippen LogP contribution in [0, 0.1) is 0 Å². The van der Waals surface area contributed by atoms with Crippen LogP contribution in [0.5, 0.6) is 0 Å². The first-order chi connectivity index (χ1) is 28.3. The molecular formula is C56H41N. The van der Waals surface area contributed by atoms with Gasteiger partial charge in [-0.05, 0) is 121 Å². The molecule has 270 valence electrons. The number of hydrogen-bond acceptors (Lipinski definition) is 1. The van der Waals surface area contributed by atoms with E-state index in [1.165, 1.54) is 71.6 Å². The van der Waals surface area contributed by atoms with Crippen LogP contribution in [0.1, 0.15) is 17.9 Å². The summed E-state index contributed by atoms with van der Waals surface area (Å²) in [5, 5.41) is 4.99. The van der Waals surface area contributed by atoms with Crippen molar-refractivity contribution in [2.75, 3.05) is 4.90 Å². The summed E-state index contributed by atoms with van der Waals surface area (Å²) in [6, 6.07) is 75.4. The zero-order chi connectivity index (χ0) is 38.0. The zero-order valence-corrected chi connectivity index (χ0v) is 31.7. The third-order valence-corrected chi connectivity index (χ3v) is 11.4. The molecule has 0 saturated heterocycles. The molecule has 1 nitrogen and oxygen atoms in total. The van der Waals surface area contributed by atoms with Gasteiger partial charge in [0.15, 0.2) is 0 Å². The molecule has 10 rings (SSSR count). The van der Waals surface area contributed by atoms with E-state index in [1.54, 1.807) is 0 Å². The average Bonchev–Trinajstić information content (AvgIpc) is 3.30. The Hall–Kier alpha value is -7.22. The summed E-state index contributed by atoms with van der Waals surface area (Å²) in [4.78, 5) is 2.39. The lowest BCUT2D eigenvalue weighted by atomic mass is 9.87. The minimum Gasteiger partial charge on any atom is -0.310 e. The van der Waals surface area contributed by atoms with Gasteiger partial charge in [0.1, 0.15) is 0 Å². The van der Waals surface area contributed by atoms with Crippen molar-refractivity contribution < 1.29 is 0 Å². The molecule has 1 unspecified atom stereocenters. The third kappa shape index (κ3) is 6.75. The largest absolute Gasteiger partial charge is 0.310 e. The molecule has 0 aliphatic heterocycles. The molecule has 0 N–H and O–H groups in total. The van der Waals surface area contributed by atoms with E-state index in [9.17, 15) is 0 Å². The lowest BCUT2D eigenvalue weighted by Crippen LogP contribution is -2.10. The molecule has 0 bridgehead atoms. The first-order valence-corrected chi connectivity index (χ1v) is 19.9. The summed E-state index contributed by atoms with van der Waals surface area (Å²) in [7, 11) is 0. The van der Waals surface area contributed by atoms with Crippen LogP contribution in [0.4, 0.5) is 17.1 Å². The maximum absolute atomic E-state index is 2.39. The predicted octanol–water partition coefficient (Wildman–Crippen LogP) is 15.7. The molecule has 0 spiro atoms. The van der Waals surface area contributed by atoms with Gasteiger partial charge in [-0.2, -0.15) is 0 Å². The van der Waals surface area contributed by atoms with E-state index in [0.29, 0.717) is 5.92 Å². The zero-order valence-electron chi connectivity index (χ0n) is 31.7. The Morgan fingerprint density at radius 1 is 0.368 bits per heavy atom. The molecule has 0 amide bonds. The van der Waals surface area contributed by atoms with Crippen LogP contribution in [0.3, 0.4) is 0 Å². The van der Waals surface area contributed by atoms with Crippen molar-refractivity contribution in [3.63, 3.8) is 0 Å². The monoisotopic (exact) mass is 727 g/mol. The van der Waals surface area contributed by atoms with Gasteiger partial charge < -0.3 is 4.90 Å². The molecule has 1 aliphatic carbocycles. The molecule has 57 heavy (non-hydrogen) atoms. The fourth-order valence-electron chi connectivity index (χ4n) is 8.48. The highest BCUT2D eigenvalue weighted by Gasteiger charge is 2.19. The number of hydrogen-bond donors (Lipinski definition) is 0. The number of nitrogens with zero attached hydrogens (tertiary/aromatic N) is 1. The number of anilines is 3. The van der Waals surface area contributed by atoms with Crippen LogP contribution in [0.25, 0.3) is 66.1 Å². The van der Waals surface area contributed by atoms with Gasteiger partial charge in [0.2, 0.25) is 0 Å². The summed E-state index contributed by atoms with van der Waals surface area (Å²) in [6.45, 7) is 0. The van der Waals surface area contributed by atoms with Crippen molar-refractivity contribution in [3.05, 3.63) is 236 Å². The molecule has 0 saturated carbocycles. The lowest BCUT2D eigenvalue weighted by Gasteiger charge is -2.27. The minimum atomic E-state index is 0.444. The van der Waals surface area contributed by atoms with Gasteiger partial charge >= 0.3 is 0 Å². The van der Waals surface area contributed by atoms with Crippen LogP contribution in [-0.4, -0.2) is 0 Å². The van der Waals surface area contributed by atoms with E-state index in [2.05, 4.69) is 235 Å². The molecule has 0 aromatic heterocycles. The average molecular weight is 728 g/mol. The van der Waals surface area contributed by atoms with Gasteiger partial charge in [0.05, 0.1) is 0 Å². The van der Waals surface area contributed by atoms with Crippen molar-refractivity contribution in [3.8, 4) is 44.5 Å². The Kier molecular flexibility index (Phi) is 9.10. The van der Waals surface area contributed by atoms with Crippen molar-refractivity contribution in [2.45, 2.75) is 12.3 Å². The van der Waals surface area contributed by atoms with E-state index in [4.69, 9.17) is 0 Å². The fraction of sp³-hybridized carbons (Fsp3) is 0.0357. The maximum atomic E-state index is 2.39. The Balaban J connectivity index is 1.11. The Morgan fingerprint density at radius 3 is 1.42 bits per heavy atom. The van der Waals surface area contributed by atoms with E-state index in [-0.39, 0.29) is 0 Å². The predicted molar refractivity (Wildman–Crippen MR) is 244 cm³/mol. The molecule has 0 fully saturated rings. The SMILES string of the molecule is C1=CCC(c2ccc(-c3ccc(N(c4ccc(-c5ccccc5)cc4)c4ccc(-c5c6ccccc6cc6ccccc56)c(-c5ccccc5)c4)cc3)cc2)C=C1. The fourth-order valence-corrected chi connectivity index (χ4v) is 8.48. The first-order valence-electron chi connectivity index (χ1n) is 19.9. The van der Waals surface area contributed by atoms with Gasteiger partial charge in [-0.25, -0.2) is 0 Å². The molecular weight excluding hydrogens is 687 g/mol. The Labute approximate surface area is 335 Å². The highest BCUT2D eigenvalue weighted by molar-refractivity contribution is 6.14. The second kappa shape index (κ2) is 15.1. The number of allylic oxidation sites excluding steroid dienone is 4. The van der Waals surface area contributed by atoms with E-state index in [1.807, 2.05) is 0 Å². The van der Waals surface area contributed by atoms with Crippen LogP contribution in [0.2, 0.25) is 0 Å². The summed E-state index contributed by atoms with van der Waals surface area (Å²) in [5.74, 6) is 0.444. The smallest absolute Gasteiger partial charge is 0.0468 e. The molecule has 9 aromatic carbocycles. The third-order valence-electron chi connectivity index (χ3n) is 11.4.